The van der Waals surface area contributed by atoms with Crippen molar-refractivity contribution in [3.63, 3.8) is 0 Å². The molecule has 1 atom stereocenters. The highest BCUT2D eigenvalue weighted by Crippen LogP contribution is 2.13. The lowest BCUT2D eigenvalue weighted by Crippen LogP contribution is -2.27. The molecular formula is C11H23N. The van der Waals surface area contributed by atoms with E-state index in [4.69, 9.17) is 0 Å². The smallest absolute Gasteiger partial charge is 0.00670 e. The molecule has 1 unspecified atom stereocenters. The lowest BCUT2D eigenvalue weighted by atomic mass is 10.0. The van der Waals surface area contributed by atoms with E-state index in [1.165, 1.54) is 57.9 Å². The second kappa shape index (κ2) is 6.47. The van der Waals surface area contributed by atoms with E-state index in [2.05, 4.69) is 12.2 Å². The minimum absolute atomic E-state index is 0.846. The second-order valence-electron chi connectivity index (χ2n) is 4.00. The van der Waals surface area contributed by atoms with Crippen LogP contribution in [0.25, 0.3) is 0 Å². The number of hydrogen-bond donors (Lipinski definition) is 1. The van der Waals surface area contributed by atoms with Crippen molar-refractivity contribution in [1.29, 1.82) is 0 Å². The molecule has 1 heterocycles. The molecule has 0 aromatic heterocycles. The number of unbranched alkanes of at least 4 members (excludes halogenated alkanes) is 2. The van der Waals surface area contributed by atoms with Crippen LogP contribution in [0.2, 0.25) is 0 Å². The first-order valence-corrected chi connectivity index (χ1v) is 5.67. The molecule has 1 aliphatic rings. The molecule has 0 radical (unpaired) electrons. The van der Waals surface area contributed by atoms with Crippen molar-refractivity contribution in [2.75, 3.05) is 6.54 Å². The Hall–Kier alpha value is -0.0400. The molecule has 1 heteroatoms. The highest BCUT2D eigenvalue weighted by atomic mass is 14.9. The first kappa shape index (κ1) is 10.0. The molecule has 12 heavy (non-hydrogen) atoms. The van der Waals surface area contributed by atoms with Gasteiger partial charge in [-0.15, -0.1) is 0 Å². The van der Waals surface area contributed by atoms with E-state index in [0.717, 1.165) is 6.04 Å². The molecule has 0 saturated carbocycles. The van der Waals surface area contributed by atoms with E-state index in [-0.39, 0.29) is 0 Å². The van der Waals surface area contributed by atoms with Crippen molar-refractivity contribution < 1.29 is 0 Å². The second-order valence-corrected chi connectivity index (χ2v) is 4.00. The van der Waals surface area contributed by atoms with Gasteiger partial charge in [-0.2, -0.15) is 0 Å². The average molecular weight is 169 g/mol. The fourth-order valence-corrected chi connectivity index (χ4v) is 1.99. The van der Waals surface area contributed by atoms with Gasteiger partial charge in [-0.1, -0.05) is 39.0 Å². The molecule has 1 rings (SSSR count). The van der Waals surface area contributed by atoms with E-state index < -0.39 is 0 Å². The molecule has 0 aromatic rings. The van der Waals surface area contributed by atoms with Gasteiger partial charge in [0.25, 0.3) is 0 Å². The average Bonchev–Trinajstić information content (AvgIpc) is 2.33. The number of hydrogen-bond acceptors (Lipinski definition) is 1. The van der Waals surface area contributed by atoms with Gasteiger partial charge < -0.3 is 5.32 Å². The van der Waals surface area contributed by atoms with Crippen LogP contribution in [0, 0.1) is 0 Å². The predicted octanol–water partition coefficient (Wildman–Crippen LogP) is 3.10. The van der Waals surface area contributed by atoms with Crippen molar-refractivity contribution in [2.45, 2.75) is 64.3 Å². The molecule has 0 bridgehead atoms. The van der Waals surface area contributed by atoms with E-state index in [1.54, 1.807) is 0 Å². The topological polar surface area (TPSA) is 12.0 Å². The summed E-state index contributed by atoms with van der Waals surface area (Å²) in [5, 5.41) is 3.64. The SMILES string of the molecule is CCCCCC1CCCCCN1. The Balaban J connectivity index is 2.04. The molecule has 1 nitrogen and oxygen atoms in total. The van der Waals surface area contributed by atoms with Crippen LogP contribution in [-0.4, -0.2) is 12.6 Å². The van der Waals surface area contributed by atoms with Crippen molar-refractivity contribution in [3.8, 4) is 0 Å². The van der Waals surface area contributed by atoms with Crippen molar-refractivity contribution in [3.05, 3.63) is 0 Å². The fourth-order valence-electron chi connectivity index (χ4n) is 1.99. The molecule has 0 aromatic carbocycles. The third kappa shape index (κ3) is 4.10. The number of rotatable bonds is 4. The van der Waals surface area contributed by atoms with Gasteiger partial charge in [0.2, 0.25) is 0 Å². The summed E-state index contributed by atoms with van der Waals surface area (Å²) in [4.78, 5) is 0. The summed E-state index contributed by atoms with van der Waals surface area (Å²) in [6.07, 6.45) is 11.3. The Morgan fingerprint density at radius 2 is 2.08 bits per heavy atom. The lowest BCUT2D eigenvalue weighted by molar-refractivity contribution is 0.456. The molecule has 0 spiro atoms. The van der Waals surface area contributed by atoms with Crippen LogP contribution in [0.4, 0.5) is 0 Å². The summed E-state index contributed by atoms with van der Waals surface area (Å²) in [7, 11) is 0. The summed E-state index contributed by atoms with van der Waals surface area (Å²) in [5.74, 6) is 0. The molecular weight excluding hydrogens is 146 g/mol. The van der Waals surface area contributed by atoms with Crippen molar-refractivity contribution >= 4 is 0 Å². The maximum Gasteiger partial charge on any atom is 0.00670 e. The third-order valence-electron chi connectivity index (χ3n) is 2.82. The van der Waals surface area contributed by atoms with Crippen molar-refractivity contribution in [1.82, 2.24) is 5.32 Å². The minimum Gasteiger partial charge on any atom is -0.314 e. The first-order valence-electron chi connectivity index (χ1n) is 5.67. The zero-order valence-electron chi connectivity index (χ0n) is 8.44. The van der Waals surface area contributed by atoms with E-state index in [1.807, 2.05) is 0 Å². The predicted molar refractivity (Wildman–Crippen MR) is 54.4 cm³/mol. The van der Waals surface area contributed by atoms with Crippen LogP contribution in [-0.2, 0) is 0 Å². The molecule has 72 valence electrons. The van der Waals surface area contributed by atoms with Crippen LogP contribution >= 0.6 is 0 Å². The van der Waals surface area contributed by atoms with Crippen LogP contribution in [0.1, 0.15) is 58.3 Å². The third-order valence-corrected chi connectivity index (χ3v) is 2.82. The summed E-state index contributed by atoms with van der Waals surface area (Å²) in [6, 6.07) is 0.846. The lowest BCUT2D eigenvalue weighted by Gasteiger charge is -2.14. The number of nitrogens with one attached hydrogen (secondary N) is 1. The Morgan fingerprint density at radius 1 is 1.17 bits per heavy atom. The zero-order chi connectivity index (χ0) is 8.65. The fraction of sp³-hybridized carbons (Fsp3) is 1.00. The largest absolute Gasteiger partial charge is 0.314 e. The molecule has 0 aliphatic carbocycles. The minimum atomic E-state index is 0.846. The molecule has 1 saturated heterocycles. The van der Waals surface area contributed by atoms with E-state index in [0.29, 0.717) is 0 Å². The van der Waals surface area contributed by atoms with Gasteiger partial charge in [0.15, 0.2) is 0 Å². The van der Waals surface area contributed by atoms with Gasteiger partial charge in [-0.25, -0.2) is 0 Å². The zero-order valence-corrected chi connectivity index (χ0v) is 8.44. The summed E-state index contributed by atoms with van der Waals surface area (Å²) >= 11 is 0. The van der Waals surface area contributed by atoms with Gasteiger partial charge in [0.05, 0.1) is 0 Å². The molecule has 1 aliphatic heterocycles. The maximum absolute atomic E-state index is 3.64. The summed E-state index contributed by atoms with van der Waals surface area (Å²) in [6.45, 7) is 3.54. The van der Waals surface area contributed by atoms with E-state index >= 15 is 0 Å². The first-order chi connectivity index (χ1) is 5.93. The Bertz CT molecular complexity index is 93.2. The molecule has 0 amide bonds. The molecule has 1 N–H and O–H groups in total. The van der Waals surface area contributed by atoms with Gasteiger partial charge >= 0.3 is 0 Å². The van der Waals surface area contributed by atoms with Crippen molar-refractivity contribution in [2.24, 2.45) is 0 Å². The summed E-state index contributed by atoms with van der Waals surface area (Å²) in [5.41, 5.74) is 0. The Labute approximate surface area is 76.9 Å². The van der Waals surface area contributed by atoms with Crippen LogP contribution in [0.5, 0.6) is 0 Å². The van der Waals surface area contributed by atoms with Gasteiger partial charge in [0, 0.05) is 6.04 Å². The normalized spacial score (nSPS) is 25.2. The maximum atomic E-state index is 3.64. The summed E-state index contributed by atoms with van der Waals surface area (Å²) < 4.78 is 0. The standard InChI is InChI=1S/C11H23N/c1-2-3-5-8-11-9-6-4-7-10-12-11/h11-12H,2-10H2,1H3. The highest BCUT2D eigenvalue weighted by Gasteiger charge is 2.09. The highest BCUT2D eigenvalue weighted by molar-refractivity contribution is 4.70. The van der Waals surface area contributed by atoms with Gasteiger partial charge in [0.1, 0.15) is 0 Å². The van der Waals surface area contributed by atoms with Gasteiger partial charge in [-0.05, 0) is 25.8 Å². The quantitative estimate of drug-likeness (QED) is 0.638. The van der Waals surface area contributed by atoms with Crippen LogP contribution in [0.3, 0.4) is 0 Å². The van der Waals surface area contributed by atoms with Crippen LogP contribution in [0.15, 0.2) is 0 Å². The Kier molecular flexibility index (Phi) is 5.42. The van der Waals surface area contributed by atoms with E-state index in [9.17, 15) is 0 Å². The monoisotopic (exact) mass is 169 g/mol. The van der Waals surface area contributed by atoms with Gasteiger partial charge in [-0.3, -0.25) is 0 Å². The Morgan fingerprint density at radius 3 is 2.92 bits per heavy atom. The molecule has 1 fully saturated rings. The van der Waals surface area contributed by atoms with Crippen LogP contribution < -0.4 is 5.32 Å².